The lowest BCUT2D eigenvalue weighted by Gasteiger charge is -2.13. The van der Waals surface area contributed by atoms with E-state index in [2.05, 4.69) is 10.2 Å². The second kappa shape index (κ2) is 6.11. The third-order valence-corrected chi connectivity index (χ3v) is 3.28. The van der Waals surface area contributed by atoms with Crippen molar-refractivity contribution in [1.82, 2.24) is 14.8 Å². The number of halogens is 1. The van der Waals surface area contributed by atoms with Crippen molar-refractivity contribution >= 4 is 11.6 Å². The highest BCUT2D eigenvalue weighted by molar-refractivity contribution is 6.32. The lowest BCUT2D eigenvalue weighted by molar-refractivity contribution is 0.268. The molecule has 0 fully saturated rings. The lowest BCUT2D eigenvalue weighted by atomic mass is 10.2. The first kappa shape index (κ1) is 14.6. The average molecular weight is 298 g/mol. The number of aliphatic hydroxyl groups is 1. The molecule has 0 aliphatic rings. The Labute approximate surface area is 121 Å². The van der Waals surface area contributed by atoms with Crippen molar-refractivity contribution in [3.8, 4) is 11.5 Å². The van der Waals surface area contributed by atoms with E-state index in [1.807, 2.05) is 18.5 Å². The van der Waals surface area contributed by atoms with Gasteiger partial charge in [-0.15, -0.1) is 10.2 Å². The Morgan fingerprint density at radius 3 is 2.65 bits per heavy atom. The summed E-state index contributed by atoms with van der Waals surface area (Å²) in [7, 11) is 3.38. The van der Waals surface area contributed by atoms with Gasteiger partial charge in [0, 0.05) is 7.05 Å². The van der Waals surface area contributed by atoms with Gasteiger partial charge in [0.1, 0.15) is 12.4 Å². The molecule has 2 aromatic rings. The zero-order valence-electron chi connectivity index (χ0n) is 11.6. The van der Waals surface area contributed by atoms with Gasteiger partial charge in [0.05, 0.1) is 18.7 Å². The minimum Gasteiger partial charge on any atom is -0.493 e. The van der Waals surface area contributed by atoms with E-state index in [1.165, 1.54) is 7.11 Å². The summed E-state index contributed by atoms with van der Waals surface area (Å²) in [4.78, 5) is 0. The fourth-order valence-electron chi connectivity index (χ4n) is 1.72. The predicted molar refractivity (Wildman–Crippen MR) is 74.0 cm³/mol. The van der Waals surface area contributed by atoms with Crippen LogP contribution in [0.2, 0.25) is 5.02 Å². The highest BCUT2D eigenvalue weighted by Crippen LogP contribution is 2.36. The minimum atomic E-state index is -0.112. The number of aromatic nitrogens is 3. The Bertz CT molecular complexity index is 613. The van der Waals surface area contributed by atoms with Gasteiger partial charge in [0.15, 0.2) is 17.3 Å². The van der Waals surface area contributed by atoms with E-state index < -0.39 is 0 Å². The molecule has 1 heterocycles. The number of rotatable bonds is 5. The van der Waals surface area contributed by atoms with Crippen LogP contribution in [0.3, 0.4) is 0 Å². The molecule has 0 aliphatic carbocycles. The van der Waals surface area contributed by atoms with E-state index in [1.54, 1.807) is 12.1 Å². The SMILES string of the molecule is COc1cc(CO)cc(Cl)c1OCc1nnc(C)n1C. The summed E-state index contributed by atoms with van der Waals surface area (Å²) in [6.07, 6.45) is 0. The Hall–Kier alpha value is -1.79. The van der Waals surface area contributed by atoms with Gasteiger partial charge < -0.3 is 19.1 Å². The van der Waals surface area contributed by atoms with Crippen LogP contribution in [0.5, 0.6) is 11.5 Å². The van der Waals surface area contributed by atoms with Crippen LogP contribution in [0.1, 0.15) is 17.2 Å². The molecule has 0 radical (unpaired) electrons. The maximum absolute atomic E-state index is 9.14. The number of nitrogens with zero attached hydrogens (tertiary/aromatic N) is 3. The minimum absolute atomic E-state index is 0.112. The Kier molecular flexibility index (Phi) is 4.46. The predicted octanol–water partition coefficient (Wildman–Crippen LogP) is 1.86. The van der Waals surface area contributed by atoms with E-state index in [4.69, 9.17) is 26.2 Å². The van der Waals surface area contributed by atoms with E-state index in [-0.39, 0.29) is 13.2 Å². The van der Waals surface area contributed by atoms with Crippen molar-refractivity contribution in [1.29, 1.82) is 0 Å². The molecule has 20 heavy (non-hydrogen) atoms. The monoisotopic (exact) mass is 297 g/mol. The second-order valence-corrected chi connectivity index (χ2v) is 4.69. The molecule has 0 amide bonds. The smallest absolute Gasteiger partial charge is 0.180 e. The maximum Gasteiger partial charge on any atom is 0.180 e. The lowest BCUT2D eigenvalue weighted by Crippen LogP contribution is -2.05. The Morgan fingerprint density at radius 2 is 2.10 bits per heavy atom. The van der Waals surface area contributed by atoms with Gasteiger partial charge in [-0.1, -0.05) is 11.6 Å². The first-order valence-corrected chi connectivity index (χ1v) is 6.39. The van der Waals surface area contributed by atoms with Gasteiger partial charge in [-0.2, -0.15) is 0 Å². The first-order valence-electron chi connectivity index (χ1n) is 6.01. The fourth-order valence-corrected chi connectivity index (χ4v) is 2.01. The van der Waals surface area contributed by atoms with Crippen molar-refractivity contribution < 1.29 is 14.6 Å². The zero-order valence-corrected chi connectivity index (χ0v) is 12.3. The highest BCUT2D eigenvalue weighted by Gasteiger charge is 2.14. The fraction of sp³-hybridized carbons (Fsp3) is 0.385. The molecule has 1 aromatic heterocycles. The highest BCUT2D eigenvalue weighted by atomic mass is 35.5. The molecule has 108 valence electrons. The summed E-state index contributed by atoms with van der Waals surface area (Å²) in [5.74, 6) is 2.39. The molecule has 0 aliphatic heterocycles. The van der Waals surface area contributed by atoms with Gasteiger partial charge in [-0.25, -0.2) is 0 Å². The Morgan fingerprint density at radius 1 is 1.35 bits per heavy atom. The molecule has 1 aromatic carbocycles. The van der Waals surface area contributed by atoms with Crippen LogP contribution < -0.4 is 9.47 Å². The quantitative estimate of drug-likeness (QED) is 0.912. The van der Waals surface area contributed by atoms with Crippen LogP contribution in [-0.4, -0.2) is 27.0 Å². The molecule has 0 atom stereocenters. The van der Waals surface area contributed by atoms with Crippen molar-refractivity contribution in [2.45, 2.75) is 20.1 Å². The van der Waals surface area contributed by atoms with Crippen molar-refractivity contribution in [2.24, 2.45) is 7.05 Å². The van der Waals surface area contributed by atoms with Gasteiger partial charge in [-0.05, 0) is 24.6 Å². The number of hydrogen-bond acceptors (Lipinski definition) is 5. The topological polar surface area (TPSA) is 69.4 Å². The number of hydrogen-bond donors (Lipinski definition) is 1. The van der Waals surface area contributed by atoms with Gasteiger partial charge in [0.2, 0.25) is 0 Å². The number of benzene rings is 1. The van der Waals surface area contributed by atoms with E-state index in [9.17, 15) is 0 Å². The molecule has 0 bridgehead atoms. The summed E-state index contributed by atoms with van der Waals surface area (Å²) in [5.41, 5.74) is 0.661. The van der Waals surface area contributed by atoms with Crippen LogP contribution in [-0.2, 0) is 20.3 Å². The van der Waals surface area contributed by atoms with E-state index >= 15 is 0 Å². The number of ether oxygens (including phenoxy) is 2. The van der Waals surface area contributed by atoms with Gasteiger partial charge in [-0.3, -0.25) is 0 Å². The van der Waals surface area contributed by atoms with Gasteiger partial charge in [0.25, 0.3) is 0 Å². The normalized spacial score (nSPS) is 10.7. The number of aliphatic hydroxyl groups excluding tert-OH is 1. The van der Waals surface area contributed by atoms with Crippen LogP contribution in [0, 0.1) is 6.92 Å². The van der Waals surface area contributed by atoms with E-state index in [0.29, 0.717) is 27.9 Å². The van der Waals surface area contributed by atoms with Crippen LogP contribution in [0.15, 0.2) is 12.1 Å². The molecule has 0 saturated heterocycles. The zero-order chi connectivity index (χ0) is 14.7. The average Bonchev–Trinajstić information content (AvgIpc) is 2.76. The molecule has 2 rings (SSSR count). The summed E-state index contributed by atoms with van der Waals surface area (Å²) in [6.45, 7) is 1.98. The van der Waals surface area contributed by atoms with Gasteiger partial charge >= 0.3 is 0 Å². The third kappa shape index (κ3) is 2.86. The van der Waals surface area contributed by atoms with Crippen LogP contribution in [0.4, 0.5) is 0 Å². The molecule has 0 spiro atoms. The molecule has 0 unspecified atom stereocenters. The second-order valence-electron chi connectivity index (χ2n) is 4.28. The Balaban J connectivity index is 2.23. The van der Waals surface area contributed by atoms with Crippen LogP contribution in [0.25, 0.3) is 0 Å². The maximum atomic E-state index is 9.14. The summed E-state index contributed by atoms with van der Waals surface area (Å²) < 4.78 is 12.7. The number of aryl methyl sites for hydroxylation is 1. The number of methoxy groups -OCH3 is 1. The van der Waals surface area contributed by atoms with Crippen molar-refractivity contribution in [3.63, 3.8) is 0 Å². The summed E-state index contributed by atoms with van der Waals surface area (Å²) >= 11 is 6.14. The van der Waals surface area contributed by atoms with Crippen molar-refractivity contribution in [2.75, 3.05) is 7.11 Å². The standard InChI is InChI=1S/C13H16ClN3O3/c1-8-15-16-12(17(8)2)7-20-13-10(14)4-9(6-18)5-11(13)19-3/h4-5,18H,6-7H2,1-3H3. The molecule has 0 saturated carbocycles. The van der Waals surface area contributed by atoms with Crippen LogP contribution >= 0.6 is 11.6 Å². The van der Waals surface area contributed by atoms with E-state index in [0.717, 1.165) is 5.82 Å². The third-order valence-electron chi connectivity index (χ3n) is 3.00. The molecular weight excluding hydrogens is 282 g/mol. The first-order chi connectivity index (χ1) is 9.56. The largest absolute Gasteiger partial charge is 0.493 e. The molecule has 1 N–H and O–H groups in total. The summed E-state index contributed by atoms with van der Waals surface area (Å²) in [5, 5.41) is 17.5. The van der Waals surface area contributed by atoms with Crippen molar-refractivity contribution in [3.05, 3.63) is 34.4 Å². The molecular formula is C13H16ClN3O3. The summed E-state index contributed by atoms with van der Waals surface area (Å²) in [6, 6.07) is 3.32. The molecule has 7 heteroatoms. The molecule has 6 nitrogen and oxygen atoms in total.